The Kier molecular flexibility index (Phi) is 6.72. The first-order chi connectivity index (χ1) is 17.0. The van der Waals surface area contributed by atoms with E-state index < -0.39 is 0 Å². The standard InChI is InChI=1S/C27H30N6O2/c1-19-3-7-22(8-4-19)26-30-25(35-31-26)18-32-14-11-23(12-15-32)27(34)29-17-21-5-9-24(10-6-21)33-16-13-28-20(33)2/h3-10,13,16,23H,11-12,14-15,17-18H2,1-2H3,(H,29,34). The third-order valence-corrected chi connectivity index (χ3v) is 6.60. The van der Waals surface area contributed by atoms with Gasteiger partial charge in [-0.25, -0.2) is 4.98 Å². The van der Waals surface area contributed by atoms with E-state index in [0.717, 1.165) is 48.6 Å². The Morgan fingerprint density at radius 1 is 1.06 bits per heavy atom. The smallest absolute Gasteiger partial charge is 0.241 e. The van der Waals surface area contributed by atoms with E-state index in [1.165, 1.54) is 5.56 Å². The summed E-state index contributed by atoms with van der Waals surface area (Å²) in [6, 6.07) is 16.3. The van der Waals surface area contributed by atoms with Gasteiger partial charge in [-0.05, 0) is 57.5 Å². The number of imidazole rings is 1. The summed E-state index contributed by atoms with van der Waals surface area (Å²) in [4.78, 5) is 23.8. The van der Waals surface area contributed by atoms with E-state index in [9.17, 15) is 4.79 Å². The van der Waals surface area contributed by atoms with Gasteiger partial charge in [0.25, 0.3) is 0 Å². The Morgan fingerprint density at radius 3 is 2.49 bits per heavy atom. The molecule has 0 aliphatic carbocycles. The SMILES string of the molecule is Cc1ccc(-c2noc(CN3CCC(C(=O)NCc4ccc(-n5ccnc5C)cc4)CC3)n2)cc1. The van der Waals surface area contributed by atoms with E-state index in [1.54, 1.807) is 6.20 Å². The number of likely N-dealkylation sites (tertiary alicyclic amines) is 1. The van der Waals surface area contributed by atoms with Crippen molar-refractivity contribution in [1.29, 1.82) is 0 Å². The molecule has 180 valence electrons. The average molecular weight is 471 g/mol. The molecule has 1 aliphatic rings. The van der Waals surface area contributed by atoms with Crippen molar-refractivity contribution < 1.29 is 9.32 Å². The number of hydrogen-bond acceptors (Lipinski definition) is 6. The summed E-state index contributed by atoms with van der Waals surface area (Å²) >= 11 is 0. The molecule has 2 aromatic carbocycles. The van der Waals surface area contributed by atoms with E-state index in [-0.39, 0.29) is 11.8 Å². The van der Waals surface area contributed by atoms with Crippen molar-refractivity contribution in [2.45, 2.75) is 39.8 Å². The van der Waals surface area contributed by atoms with E-state index in [4.69, 9.17) is 4.52 Å². The third-order valence-electron chi connectivity index (χ3n) is 6.60. The Morgan fingerprint density at radius 2 is 1.80 bits per heavy atom. The number of benzene rings is 2. The predicted octanol–water partition coefficient (Wildman–Crippen LogP) is 4.07. The van der Waals surface area contributed by atoms with Gasteiger partial charge in [-0.1, -0.05) is 47.1 Å². The van der Waals surface area contributed by atoms with Gasteiger partial charge in [-0.2, -0.15) is 4.98 Å². The summed E-state index contributed by atoms with van der Waals surface area (Å²) in [5, 5.41) is 7.23. The Labute approximate surface area is 205 Å². The van der Waals surface area contributed by atoms with Gasteiger partial charge in [0.05, 0.1) is 6.54 Å². The van der Waals surface area contributed by atoms with Crippen LogP contribution in [0, 0.1) is 19.8 Å². The third kappa shape index (κ3) is 5.49. The maximum absolute atomic E-state index is 12.7. The number of carbonyl (C=O) groups is 1. The highest BCUT2D eigenvalue weighted by Gasteiger charge is 2.26. The predicted molar refractivity (Wildman–Crippen MR) is 133 cm³/mol. The fourth-order valence-corrected chi connectivity index (χ4v) is 4.44. The summed E-state index contributed by atoms with van der Waals surface area (Å²) < 4.78 is 7.50. The number of piperidine rings is 1. The molecule has 4 aromatic rings. The molecule has 1 N–H and O–H groups in total. The maximum Gasteiger partial charge on any atom is 0.241 e. The topological polar surface area (TPSA) is 89.1 Å². The molecule has 2 aromatic heterocycles. The fraction of sp³-hybridized carbons (Fsp3) is 0.333. The molecule has 35 heavy (non-hydrogen) atoms. The van der Waals surface area contributed by atoms with Crippen LogP contribution in [0.15, 0.2) is 65.4 Å². The molecule has 0 spiro atoms. The van der Waals surface area contributed by atoms with Crippen LogP contribution in [0.2, 0.25) is 0 Å². The second-order valence-electron chi connectivity index (χ2n) is 9.16. The van der Waals surface area contributed by atoms with Crippen LogP contribution in [0.4, 0.5) is 0 Å². The van der Waals surface area contributed by atoms with Crippen LogP contribution in [0.5, 0.6) is 0 Å². The summed E-state index contributed by atoms with van der Waals surface area (Å²) in [5.74, 6) is 2.33. The zero-order valence-corrected chi connectivity index (χ0v) is 20.1. The van der Waals surface area contributed by atoms with Crippen LogP contribution in [-0.4, -0.2) is 43.6 Å². The molecular weight excluding hydrogens is 440 g/mol. The minimum atomic E-state index is 0.0323. The Hall–Kier alpha value is -3.78. The highest BCUT2D eigenvalue weighted by Crippen LogP contribution is 2.21. The van der Waals surface area contributed by atoms with E-state index in [0.29, 0.717) is 24.8 Å². The second kappa shape index (κ2) is 10.2. The number of hydrogen-bond donors (Lipinski definition) is 1. The molecule has 0 radical (unpaired) electrons. The van der Waals surface area contributed by atoms with Gasteiger partial charge < -0.3 is 14.4 Å². The molecule has 0 saturated carbocycles. The van der Waals surface area contributed by atoms with Crippen molar-refractivity contribution in [3.63, 3.8) is 0 Å². The summed E-state index contributed by atoms with van der Waals surface area (Å²) in [6.07, 6.45) is 5.38. The molecule has 1 aliphatic heterocycles. The summed E-state index contributed by atoms with van der Waals surface area (Å²) in [7, 11) is 0. The van der Waals surface area contributed by atoms with Crippen LogP contribution < -0.4 is 5.32 Å². The molecule has 3 heterocycles. The molecule has 0 atom stereocenters. The molecule has 8 nitrogen and oxygen atoms in total. The van der Waals surface area contributed by atoms with Crippen molar-refractivity contribution in [2.75, 3.05) is 13.1 Å². The zero-order valence-electron chi connectivity index (χ0n) is 20.1. The average Bonchev–Trinajstić information content (AvgIpc) is 3.53. The highest BCUT2D eigenvalue weighted by molar-refractivity contribution is 5.78. The molecule has 1 amide bonds. The van der Waals surface area contributed by atoms with E-state index in [2.05, 4.69) is 44.4 Å². The van der Waals surface area contributed by atoms with Gasteiger partial charge in [0.15, 0.2) is 0 Å². The number of carbonyl (C=O) groups excluding carboxylic acids is 1. The molecule has 0 bridgehead atoms. The number of rotatable bonds is 7. The largest absolute Gasteiger partial charge is 0.352 e. The molecule has 1 saturated heterocycles. The van der Waals surface area contributed by atoms with Crippen LogP contribution in [-0.2, 0) is 17.9 Å². The minimum Gasteiger partial charge on any atom is -0.352 e. The quantitative estimate of drug-likeness (QED) is 0.438. The minimum absolute atomic E-state index is 0.0323. The molecule has 0 unspecified atom stereocenters. The first-order valence-corrected chi connectivity index (χ1v) is 12.0. The number of aryl methyl sites for hydroxylation is 2. The van der Waals surface area contributed by atoms with Crippen LogP contribution in [0.1, 0.15) is 35.7 Å². The number of nitrogens with zero attached hydrogens (tertiary/aromatic N) is 5. The van der Waals surface area contributed by atoms with Gasteiger partial charge in [0.1, 0.15) is 5.82 Å². The maximum atomic E-state index is 12.7. The molecule has 5 rings (SSSR count). The van der Waals surface area contributed by atoms with Gasteiger partial charge in [-0.15, -0.1) is 0 Å². The van der Waals surface area contributed by atoms with Crippen molar-refractivity contribution in [3.8, 4) is 17.1 Å². The van der Waals surface area contributed by atoms with E-state index >= 15 is 0 Å². The van der Waals surface area contributed by atoms with Crippen molar-refractivity contribution in [3.05, 3.63) is 83.8 Å². The van der Waals surface area contributed by atoms with Crippen LogP contribution in [0.3, 0.4) is 0 Å². The first kappa shape index (κ1) is 23.0. The monoisotopic (exact) mass is 470 g/mol. The second-order valence-corrected chi connectivity index (χ2v) is 9.16. The lowest BCUT2D eigenvalue weighted by atomic mass is 9.96. The van der Waals surface area contributed by atoms with Crippen molar-refractivity contribution >= 4 is 5.91 Å². The van der Waals surface area contributed by atoms with Gasteiger partial charge in [0, 0.05) is 36.1 Å². The van der Waals surface area contributed by atoms with E-state index in [1.807, 2.05) is 54.1 Å². The fourth-order valence-electron chi connectivity index (χ4n) is 4.44. The summed E-state index contributed by atoms with van der Waals surface area (Å²) in [6.45, 7) is 6.83. The number of amides is 1. The Balaban J connectivity index is 1.08. The lowest BCUT2D eigenvalue weighted by Gasteiger charge is -2.30. The zero-order chi connectivity index (χ0) is 24.2. The molecular formula is C27H30N6O2. The van der Waals surface area contributed by atoms with Gasteiger partial charge in [0.2, 0.25) is 17.6 Å². The van der Waals surface area contributed by atoms with Crippen molar-refractivity contribution in [1.82, 2.24) is 29.9 Å². The van der Waals surface area contributed by atoms with Crippen LogP contribution >= 0.6 is 0 Å². The summed E-state index contributed by atoms with van der Waals surface area (Å²) in [5.41, 5.74) is 4.29. The molecule has 8 heteroatoms. The lowest BCUT2D eigenvalue weighted by Crippen LogP contribution is -2.40. The number of nitrogens with one attached hydrogen (secondary N) is 1. The first-order valence-electron chi connectivity index (χ1n) is 12.0. The number of aromatic nitrogens is 4. The molecule has 1 fully saturated rings. The normalized spacial score (nSPS) is 14.8. The highest BCUT2D eigenvalue weighted by atomic mass is 16.5. The Bertz CT molecular complexity index is 1270. The van der Waals surface area contributed by atoms with Crippen molar-refractivity contribution in [2.24, 2.45) is 5.92 Å². The van der Waals surface area contributed by atoms with Gasteiger partial charge in [-0.3, -0.25) is 9.69 Å². The van der Waals surface area contributed by atoms with Gasteiger partial charge >= 0.3 is 0 Å². The lowest BCUT2D eigenvalue weighted by molar-refractivity contribution is -0.126. The van der Waals surface area contributed by atoms with Crippen LogP contribution in [0.25, 0.3) is 17.1 Å².